The van der Waals surface area contributed by atoms with Crippen LogP contribution in [0.1, 0.15) is 68.2 Å². The van der Waals surface area contributed by atoms with Crippen molar-refractivity contribution in [3.8, 4) is 33.9 Å². The molecule has 338 valence electrons. The lowest BCUT2D eigenvalue weighted by molar-refractivity contribution is -0.138. The summed E-state index contributed by atoms with van der Waals surface area (Å²) in [7, 11) is 0. The highest BCUT2D eigenvalue weighted by Crippen LogP contribution is 2.28. The molecule has 2 N–H and O–H groups in total. The molecule has 7 aromatic rings. The van der Waals surface area contributed by atoms with E-state index in [1.807, 2.05) is 99.6 Å². The first-order valence-electron chi connectivity index (χ1n) is 21.2. The minimum atomic E-state index is -0.717. The van der Waals surface area contributed by atoms with Crippen LogP contribution in [-0.4, -0.2) is 68.1 Å². The fourth-order valence-corrected chi connectivity index (χ4v) is 7.13. The van der Waals surface area contributed by atoms with Crippen LogP contribution in [0.5, 0.6) is 0 Å². The number of hydrogen-bond acceptors (Lipinski definition) is 9. The van der Waals surface area contributed by atoms with Crippen molar-refractivity contribution < 1.29 is 37.8 Å². The molecule has 1 amide bonds. The molecule has 12 nitrogen and oxygen atoms in total. The summed E-state index contributed by atoms with van der Waals surface area (Å²) in [6.07, 6.45) is 1.82. The molecule has 1 aliphatic heterocycles. The van der Waals surface area contributed by atoms with E-state index in [1.165, 1.54) is 21.5 Å². The Bertz CT molecular complexity index is 2970. The third-order valence-corrected chi connectivity index (χ3v) is 10.7. The largest absolute Gasteiger partial charge is 0.463 e. The molecule has 0 spiro atoms. The van der Waals surface area contributed by atoms with Gasteiger partial charge >= 0.3 is 11.9 Å². The summed E-state index contributed by atoms with van der Waals surface area (Å²) in [5.74, 6) is -2.21. The van der Waals surface area contributed by atoms with Crippen LogP contribution in [0.2, 0.25) is 0 Å². The molecule has 0 atom stereocenters. The number of aryl methyl sites for hydroxylation is 3. The first kappa shape index (κ1) is 47.6. The van der Waals surface area contributed by atoms with E-state index >= 15 is 0 Å². The van der Waals surface area contributed by atoms with Gasteiger partial charge in [-0.1, -0.05) is 84.9 Å². The molecule has 2 aromatic heterocycles. The molecule has 0 radical (unpaired) electrons. The summed E-state index contributed by atoms with van der Waals surface area (Å²) in [5.41, 5.74) is 12.5. The molecule has 0 fully saturated rings. The van der Waals surface area contributed by atoms with Crippen LogP contribution in [0.15, 0.2) is 138 Å². The molecule has 1 aliphatic rings. The van der Waals surface area contributed by atoms with Gasteiger partial charge in [-0.15, -0.1) is 0 Å². The number of nitrogens with one attached hydrogen (secondary N) is 1. The van der Waals surface area contributed by atoms with E-state index in [2.05, 4.69) is 15.2 Å². The quantitative estimate of drug-likeness (QED) is 0.0783. The molecule has 0 unspecified atom stereocenters. The van der Waals surface area contributed by atoms with E-state index in [9.17, 15) is 23.2 Å². The maximum absolute atomic E-state index is 14.0. The second-order valence-electron chi connectivity index (χ2n) is 15.1. The number of ether oxygens (including phenoxy) is 2. The number of halogens is 2. The summed E-state index contributed by atoms with van der Waals surface area (Å²) in [4.78, 5) is 40.3. The first-order chi connectivity index (χ1) is 31.8. The predicted molar refractivity (Wildman–Crippen MR) is 249 cm³/mol. The van der Waals surface area contributed by atoms with E-state index in [-0.39, 0.29) is 29.8 Å². The first-order valence-corrected chi connectivity index (χ1v) is 21.2. The van der Waals surface area contributed by atoms with Crippen LogP contribution in [0.25, 0.3) is 33.9 Å². The number of aromatic nitrogens is 4. The second-order valence-corrected chi connectivity index (χ2v) is 15.1. The lowest BCUT2D eigenvalue weighted by atomic mass is 10.0. The summed E-state index contributed by atoms with van der Waals surface area (Å²) in [6.45, 7) is 13.8. The van der Waals surface area contributed by atoms with Gasteiger partial charge in [0.2, 0.25) is 0 Å². The Morgan fingerprint density at radius 1 is 0.606 bits per heavy atom. The number of aliphatic imine (C=N–C) groups is 1. The smallest absolute Gasteiger partial charge is 0.357 e. The Labute approximate surface area is 381 Å². The Morgan fingerprint density at radius 3 is 1.52 bits per heavy atom. The maximum Gasteiger partial charge on any atom is 0.357 e. The Kier molecular flexibility index (Phi) is 15.7. The van der Waals surface area contributed by atoms with Crippen molar-refractivity contribution in [2.24, 2.45) is 4.99 Å². The molecular formula is C52H50F2N6O6. The molecule has 66 heavy (non-hydrogen) atoms. The SMILES string of the molecule is CCOC(=O)C1=CC(c2ccccc2C)=NC1.CCOC(=O)c1cc(-c2ccccc2C)nn1-c1cccc(F)c1C.Cc1ccccc1-c1cc(C(=O)NO)n(-c2cccc(F)c2C)n1. The predicted octanol–water partition coefficient (Wildman–Crippen LogP) is 10.2. The number of hydroxylamine groups is 1. The number of esters is 2. The van der Waals surface area contributed by atoms with Gasteiger partial charge in [-0.2, -0.15) is 10.2 Å². The van der Waals surface area contributed by atoms with E-state index in [0.29, 0.717) is 52.6 Å². The van der Waals surface area contributed by atoms with Crippen molar-refractivity contribution in [2.45, 2.75) is 48.5 Å². The third-order valence-electron chi connectivity index (χ3n) is 10.7. The molecule has 8 rings (SSSR count). The molecule has 0 bridgehead atoms. The lowest BCUT2D eigenvalue weighted by Crippen LogP contribution is -2.22. The van der Waals surface area contributed by atoms with Crippen molar-refractivity contribution in [3.63, 3.8) is 0 Å². The molecular weight excluding hydrogens is 843 g/mol. The zero-order valence-electron chi connectivity index (χ0n) is 37.7. The molecule has 0 aliphatic carbocycles. The monoisotopic (exact) mass is 892 g/mol. The van der Waals surface area contributed by atoms with Crippen LogP contribution in [0.3, 0.4) is 0 Å². The average Bonchev–Trinajstić information content (AvgIpc) is 4.09. The number of carbonyl (C=O) groups excluding carboxylic acids is 3. The summed E-state index contributed by atoms with van der Waals surface area (Å²) < 4.78 is 40.8. The van der Waals surface area contributed by atoms with E-state index in [4.69, 9.17) is 14.7 Å². The van der Waals surface area contributed by atoms with E-state index < -0.39 is 17.7 Å². The highest BCUT2D eigenvalue weighted by atomic mass is 19.1. The number of hydrogen-bond donors (Lipinski definition) is 2. The summed E-state index contributed by atoms with van der Waals surface area (Å²) >= 11 is 0. The summed E-state index contributed by atoms with van der Waals surface area (Å²) in [6, 6.07) is 35.9. The van der Waals surface area contributed by atoms with Crippen LogP contribution in [0.4, 0.5) is 8.78 Å². The van der Waals surface area contributed by atoms with Gasteiger partial charge in [0, 0.05) is 27.8 Å². The molecule has 0 saturated carbocycles. The number of allylic oxidation sites excluding steroid dienone is 1. The van der Waals surface area contributed by atoms with Crippen molar-refractivity contribution >= 4 is 23.6 Å². The molecule has 14 heteroatoms. The van der Waals surface area contributed by atoms with Gasteiger partial charge in [0.05, 0.1) is 53.8 Å². The standard InChI is InChI=1S/C20H19FN2O2.C18H16FN3O2.C14H15NO2/c1-4-25-20(24)19-12-17(15-9-6-5-8-13(15)2)22-23(19)18-11-7-10-16(21)14(18)3;1-11-6-3-4-7-13(11)15-10-17(18(23)21-24)22(20-15)16-9-5-8-14(19)12(16)2;1-3-17-14(16)11-8-13(15-9-11)12-7-5-4-6-10(12)2/h5-12H,4H2,1-3H3;3-10,24H,1-2H3,(H,21,23);4-8H,3,9H2,1-2H3. The van der Waals surface area contributed by atoms with Crippen LogP contribution in [-0.2, 0) is 14.3 Å². The Balaban J connectivity index is 0.000000167. The topological polar surface area (TPSA) is 150 Å². The van der Waals surface area contributed by atoms with E-state index in [1.54, 1.807) is 69.6 Å². The number of carbonyl (C=O) groups is 3. The minimum Gasteiger partial charge on any atom is -0.463 e. The van der Waals surface area contributed by atoms with Crippen molar-refractivity contribution in [1.29, 1.82) is 0 Å². The van der Waals surface area contributed by atoms with Gasteiger partial charge in [-0.05, 0) is 108 Å². The zero-order chi connectivity index (χ0) is 47.5. The van der Waals surface area contributed by atoms with E-state index in [0.717, 1.165) is 39.1 Å². The number of amides is 1. The number of nitrogens with zero attached hydrogens (tertiary/aromatic N) is 5. The average molecular weight is 893 g/mol. The van der Waals surface area contributed by atoms with Crippen molar-refractivity contribution in [3.05, 3.63) is 189 Å². The molecule has 0 saturated heterocycles. The van der Waals surface area contributed by atoms with Gasteiger partial charge in [-0.25, -0.2) is 33.2 Å². The molecule has 3 heterocycles. The highest BCUT2D eigenvalue weighted by molar-refractivity contribution is 6.15. The number of benzene rings is 5. The lowest BCUT2D eigenvalue weighted by Gasteiger charge is -2.10. The second kappa shape index (κ2) is 21.7. The fourth-order valence-electron chi connectivity index (χ4n) is 7.13. The van der Waals surface area contributed by atoms with Gasteiger partial charge in [0.25, 0.3) is 5.91 Å². The zero-order valence-corrected chi connectivity index (χ0v) is 37.7. The van der Waals surface area contributed by atoms with Crippen LogP contribution in [0, 0.1) is 46.3 Å². The minimum absolute atomic E-state index is 0.115. The third kappa shape index (κ3) is 10.7. The Hall–Kier alpha value is -7.84. The van der Waals surface area contributed by atoms with Crippen LogP contribution >= 0.6 is 0 Å². The van der Waals surface area contributed by atoms with Gasteiger partial charge in [0.1, 0.15) is 17.3 Å². The number of rotatable bonds is 10. The van der Waals surface area contributed by atoms with Gasteiger partial charge in [0.15, 0.2) is 5.69 Å². The van der Waals surface area contributed by atoms with Gasteiger partial charge in [-0.3, -0.25) is 15.0 Å². The van der Waals surface area contributed by atoms with Crippen molar-refractivity contribution in [1.82, 2.24) is 25.0 Å². The Morgan fingerprint density at radius 2 is 1.05 bits per heavy atom. The summed E-state index contributed by atoms with van der Waals surface area (Å²) in [5, 5.41) is 18.0. The normalized spacial score (nSPS) is 11.6. The molecule has 5 aromatic carbocycles. The highest BCUT2D eigenvalue weighted by Gasteiger charge is 2.23. The van der Waals surface area contributed by atoms with Crippen LogP contribution < -0.4 is 5.48 Å². The van der Waals surface area contributed by atoms with Gasteiger partial charge < -0.3 is 9.47 Å². The maximum atomic E-state index is 14.0. The fraction of sp³-hybridized carbons (Fsp3) is 0.192. The van der Waals surface area contributed by atoms with Crippen molar-refractivity contribution in [2.75, 3.05) is 19.8 Å².